The van der Waals surface area contributed by atoms with Crippen LogP contribution in [0.15, 0.2) is 48.5 Å². The van der Waals surface area contributed by atoms with Gasteiger partial charge in [-0.2, -0.15) is 5.10 Å². The summed E-state index contributed by atoms with van der Waals surface area (Å²) in [6.45, 7) is 12.4. The summed E-state index contributed by atoms with van der Waals surface area (Å²) in [6.07, 6.45) is 0. The van der Waals surface area contributed by atoms with Crippen LogP contribution in [0.25, 0.3) is 5.69 Å². The number of urea groups is 1. The molecule has 0 unspecified atom stereocenters. The summed E-state index contributed by atoms with van der Waals surface area (Å²) in [7, 11) is 0. The zero-order valence-electron chi connectivity index (χ0n) is 21.5. The molecule has 36 heavy (non-hydrogen) atoms. The Morgan fingerprint density at radius 1 is 1.03 bits per heavy atom. The van der Waals surface area contributed by atoms with Gasteiger partial charge in [-0.3, -0.25) is 4.79 Å². The van der Waals surface area contributed by atoms with Gasteiger partial charge < -0.3 is 15.5 Å². The number of carbonyl (C=O) groups excluding carboxylic acids is 2. The molecule has 0 aliphatic carbocycles. The van der Waals surface area contributed by atoms with E-state index in [2.05, 4.69) is 31.4 Å². The number of benzene rings is 2. The van der Waals surface area contributed by atoms with Crippen molar-refractivity contribution < 1.29 is 9.59 Å². The molecule has 2 aromatic carbocycles. The van der Waals surface area contributed by atoms with Crippen LogP contribution >= 0.6 is 23.2 Å². The Balaban J connectivity index is 1.82. The van der Waals surface area contributed by atoms with Gasteiger partial charge in [-0.15, -0.1) is 0 Å². The van der Waals surface area contributed by atoms with Gasteiger partial charge in [-0.1, -0.05) is 75.5 Å². The summed E-state index contributed by atoms with van der Waals surface area (Å²) in [4.78, 5) is 27.7. The van der Waals surface area contributed by atoms with E-state index in [1.807, 2.05) is 51.1 Å². The van der Waals surface area contributed by atoms with Crippen LogP contribution in [0, 0.1) is 12.8 Å². The summed E-state index contributed by atoms with van der Waals surface area (Å²) in [6, 6.07) is 14.2. The van der Waals surface area contributed by atoms with Crippen LogP contribution in [0.1, 0.15) is 45.9 Å². The lowest BCUT2D eigenvalue weighted by Crippen LogP contribution is -2.42. The SMILES string of the molecule is Cc1ccc(-n2nc(C(C)(C)C)cc2NC(=O)CN(CC(C)C)C(=O)Nc2ccc(Cl)cc2Cl)cc1. The van der Waals surface area contributed by atoms with Crippen LogP contribution in [0.5, 0.6) is 0 Å². The van der Waals surface area contributed by atoms with Crippen LogP contribution in [0.3, 0.4) is 0 Å². The standard InChI is InChI=1S/C27H33Cl2N5O2/c1-17(2)15-33(26(36)30-22-12-9-19(28)13-21(22)29)16-25(35)31-24-14-23(27(4,5)6)32-34(24)20-10-7-18(3)8-11-20/h7-14,17H,15-16H2,1-6H3,(H,30,36)(H,31,35). The average Bonchev–Trinajstić information content (AvgIpc) is 3.19. The minimum atomic E-state index is -0.425. The second-order valence-electron chi connectivity index (χ2n) is 10.3. The maximum Gasteiger partial charge on any atom is 0.322 e. The summed E-state index contributed by atoms with van der Waals surface area (Å²) in [5.74, 6) is 0.357. The van der Waals surface area contributed by atoms with E-state index in [9.17, 15) is 9.59 Å². The number of halogens is 2. The van der Waals surface area contributed by atoms with E-state index in [4.69, 9.17) is 28.3 Å². The quantitative estimate of drug-likeness (QED) is 0.348. The lowest BCUT2D eigenvalue weighted by atomic mass is 9.92. The van der Waals surface area contributed by atoms with Crippen molar-refractivity contribution in [3.05, 3.63) is 69.8 Å². The van der Waals surface area contributed by atoms with Gasteiger partial charge in [0.2, 0.25) is 5.91 Å². The number of anilines is 2. The number of rotatable bonds is 7. The van der Waals surface area contributed by atoms with Crippen LogP contribution in [0.4, 0.5) is 16.3 Å². The Kier molecular flexibility index (Phi) is 8.69. The molecule has 3 aromatic rings. The summed E-state index contributed by atoms with van der Waals surface area (Å²) in [5, 5.41) is 11.3. The van der Waals surface area contributed by atoms with Crippen molar-refractivity contribution >= 4 is 46.6 Å². The number of hydrogen-bond donors (Lipinski definition) is 2. The third-order valence-electron chi connectivity index (χ3n) is 5.40. The van der Waals surface area contributed by atoms with Gasteiger partial charge >= 0.3 is 6.03 Å². The third-order valence-corrected chi connectivity index (χ3v) is 5.95. The highest BCUT2D eigenvalue weighted by Gasteiger charge is 2.24. The minimum Gasteiger partial charge on any atom is -0.315 e. The summed E-state index contributed by atoms with van der Waals surface area (Å²) < 4.78 is 1.72. The molecule has 9 heteroatoms. The normalized spacial score (nSPS) is 11.5. The van der Waals surface area contributed by atoms with Gasteiger partial charge in [-0.05, 0) is 43.2 Å². The largest absolute Gasteiger partial charge is 0.322 e. The number of amides is 3. The number of aromatic nitrogens is 2. The lowest BCUT2D eigenvalue weighted by molar-refractivity contribution is -0.116. The first-order valence-electron chi connectivity index (χ1n) is 11.8. The maximum absolute atomic E-state index is 13.2. The number of hydrogen-bond acceptors (Lipinski definition) is 3. The predicted molar refractivity (Wildman–Crippen MR) is 148 cm³/mol. The van der Waals surface area contributed by atoms with Crippen molar-refractivity contribution in [2.24, 2.45) is 5.92 Å². The van der Waals surface area contributed by atoms with Crippen LogP contribution in [-0.2, 0) is 10.2 Å². The highest BCUT2D eigenvalue weighted by atomic mass is 35.5. The molecule has 0 saturated heterocycles. The van der Waals surface area contributed by atoms with E-state index in [0.29, 0.717) is 28.1 Å². The molecule has 0 radical (unpaired) electrons. The zero-order chi connectivity index (χ0) is 26.6. The molecule has 192 valence electrons. The van der Waals surface area contributed by atoms with Crippen molar-refractivity contribution in [2.75, 3.05) is 23.7 Å². The van der Waals surface area contributed by atoms with E-state index < -0.39 is 6.03 Å². The molecular formula is C27H33Cl2N5O2. The van der Waals surface area contributed by atoms with E-state index in [1.165, 1.54) is 4.90 Å². The van der Waals surface area contributed by atoms with Gasteiger partial charge in [0.1, 0.15) is 12.4 Å². The van der Waals surface area contributed by atoms with Crippen molar-refractivity contribution in [1.82, 2.24) is 14.7 Å². The molecule has 0 aliphatic heterocycles. The Bertz CT molecular complexity index is 1230. The van der Waals surface area contributed by atoms with E-state index in [0.717, 1.165) is 16.9 Å². The highest BCUT2D eigenvalue weighted by molar-refractivity contribution is 6.36. The third kappa shape index (κ3) is 7.24. The molecule has 3 rings (SSSR count). The fourth-order valence-electron chi connectivity index (χ4n) is 3.52. The molecule has 3 amide bonds. The summed E-state index contributed by atoms with van der Waals surface area (Å²) >= 11 is 12.2. The highest BCUT2D eigenvalue weighted by Crippen LogP contribution is 2.27. The Morgan fingerprint density at radius 2 is 1.69 bits per heavy atom. The zero-order valence-corrected chi connectivity index (χ0v) is 23.0. The van der Waals surface area contributed by atoms with Crippen LogP contribution in [0.2, 0.25) is 10.0 Å². The first-order valence-corrected chi connectivity index (χ1v) is 12.6. The first kappa shape index (κ1) is 27.6. The van der Waals surface area contributed by atoms with Crippen molar-refractivity contribution in [2.45, 2.75) is 47.0 Å². The number of carbonyl (C=O) groups is 2. The second kappa shape index (κ2) is 11.4. The van der Waals surface area contributed by atoms with Gasteiger partial charge in [0.25, 0.3) is 0 Å². The molecule has 0 saturated carbocycles. The van der Waals surface area contributed by atoms with Gasteiger partial charge in [0.15, 0.2) is 0 Å². The smallest absolute Gasteiger partial charge is 0.315 e. The topological polar surface area (TPSA) is 79.3 Å². The van der Waals surface area contributed by atoms with Crippen LogP contribution < -0.4 is 10.6 Å². The van der Waals surface area contributed by atoms with Gasteiger partial charge in [-0.25, -0.2) is 9.48 Å². The molecule has 0 fully saturated rings. The summed E-state index contributed by atoms with van der Waals surface area (Å²) in [5.41, 5.74) is 3.01. The molecular weight excluding hydrogens is 497 g/mol. The fraction of sp³-hybridized carbons (Fsp3) is 0.370. The Hall–Kier alpha value is -3.03. The molecule has 2 N–H and O–H groups in total. The Labute approximate surface area is 222 Å². The lowest BCUT2D eigenvalue weighted by Gasteiger charge is -2.24. The van der Waals surface area contributed by atoms with Crippen molar-refractivity contribution in [3.63, 3.8) is 0 Å². The molecule has 1 heterocycles. The fourth-order valence-corrected chi connectivity index (χ4v) is 3.98. The van der Waals surface area contributed by atoms with Gasteiger partial charge in [0, 0.05) is 23.0 Å². The number of nitrogens with zero attached hydrogens (tertiary/aromatic N) is 3. The maximum atomic E-state index is 13.2. The van der Waals surface area contributed by atoms with Gasteiger partial charge in [0.05, 0.1) is 22.1 Å². The molecule has 0 aliphatic rings. The molecule has 0 spiro atoms. The van der Waals surface area contributed by atoms with Crippen LogP contribution in [-0.4, -0.2) is 39.7 Å². The minimum absolute atomic E-state index is 0.140. The van der Waals surface area contributed by atoms with Crippen molar-refractivity contribution in [1.29, 1.82) is 0 Å². The monoisotopic (exact) mass is 529 g/mol. The van der Waals surface area contributed by atoms with E-state index in [-0.39, 0.29) is 23.8 Å². The molecule has 0 atom stereocenters. The number of aryl methyl sites for hydroxylation is 1. The molecule has 1 aromatic heterocycles. The van der Waals surface area contributed by atoms with Crippen molar-refractivity contribution in [3.8, 4) is 5.69 Å². The first-order chi connectivity index (χ1) is 16.8. The molecule has 7 nitrogen and oxygen atoms in total. The van der Waals surface area contributed by atoms with E-state index >= 15 is 0 Å². The van der Waals surface area contributed by atoms with E-state index in [1.54, 1.807) is 22.9 Å². The second-order valence-corrected chi connectivity index (χ2v) is 11.1. The molecule has 0 bridgehead atoms. The average molecular weight is 531 g/mol. The number of nitrogens with one attached hydrogen (secondary N) is 2. The Morgan fingerprint density at radius 3 is 2.28 bits per heavy atom. The predicted octanol–water partition coefficient (Wildman–Crippen LogP) is 6.91.